The van der Waals surface area contributed by atoms with E-state index in [1.54, 1.807) is 7.11 Å². The summed E-state index contributed by atoms with van der Waals surface area (Å²) < 4.78 is 5.03. The molecule has 1 aromatic heterocycles. The van der Waals surface area contributed by atoms with E-state index in [0.717, 1.165) is 12.3 Å². The Morgan fingerprint density at radius 3 is 3.09 bits per heavy atom. The summed E-state index contributed by atoms with van der Waals surface area (Å²) in [6.45, 7) is 0. The van der Waals surface area contributed by atoms with Crippen molar-refractivity contribution in [3.63, 3.8) is 0 Å². The first-order chi connectivity index (χ1) is 5.40. The van der Waals surface area contributed by atoms with E-state index in [1.165, 1.54) is 24.1 Å². The maximum absolute atomic E-state index is 5.03. The van der Waals surface area contributed by atoms with Crippen LogP contribution in [0.3, 0.4) is 0 Å². The molecular weight excluding hydrogens is 138 g/mol. The van der Waals surface area contributed by atoms with Crippen LogP contribution in [0.5, 0.6) is 5.88 Å². The highest BCUT2D eigenvalue weighted by atomic mass is 16.5. The molecule has 0 atom stereocenters. The van der Waals surface area contributed by atoms with Crippen LogP contribution in [0, 0.1) is 0 Å². The zero-order valence-electron chi connectivity index (χ0n) is 6.63. The highest BCUT2D eigenvalue weighted by Crippen LogP contribution is 2.21. The van der Waals surface area contributed by atoms with Crippen molar-refractivity contribution in [3.05, 3.63) is 23.4 Å². The van der Waals surface area contributed by atoms with Crippen LogP contribution in [0.1, 0.15) is 17.7 Å². The van der Waals surface area contributed by atoms with Crippen LogP contribution in [0.15, 0.2) is 12.1 Å². The summed E-state index contributed by atoms with van der Waals surface area (Å²) in [4.78, 5) is 4.35. The molecule has 0 unspecified atom stereocenters. The fourth-order valence-electron chi connectivity index (χ4n) is 1.51. The average molecular weight is 149 g/mol. The van der Waals surface area contributed by atoms with Gasteiger partial charge < -0.3 is 4.74 Å². The third kappa shape index (κ3) is 1.09. The van der Waals surface area contributed by atoms with Crippen molar-refractivity contribution in [2.24, 2.45) is 0 Å². The Morgan fingerprint density at radius 1 is 1.36 bits per heavy atom. The topological polar surface area (TPSA) is 22.1 Å². The second kappa shape index (κ2) is 2.53. The summed E-state index contributed by atoms with van der Waals surface area (Å²) >= 11 is 0. The van der Waals surface area contributed by atoms with E-state index in [9.17, 15) is 0 Å². The number of nitrogens with zero attached hydrogens (tertiary/aromatic N) is 1. The molecule has 1 aromatic rings. The van der Waals surface area contributed by atoms with E-state index < -0.39 is 0 Å². The molecule has 0 spiro atoms. The molecule has 2 nitrogen and oxygen atoms in total. The third-order valence-corrected chi connectivity index (χ3v) is 2.11. The fourth-order valence-corrected chi connectivity index (χ4v) is 1.51. The SMILES string of the molecule is COc1ccc2c(n1)CCC2. The molecule has 2 heteroatoms. The molecule has 0 aliphatic heterocycles. The van der Waals surface area contributed by atoms with Gasteiger partial charge in [-0.25, -0.2) is 4.98 Å². The minimum atomic E-state index is 0.741. The van der Waals surface area contributed by atoms with Crippen molar-refractivity contribution in [2.45, 2.75) is 19.3 Å². The first-order valence-electron chi connectivity index (χ1n) is 3.93. The van der Waals surface area contributed by atoms with Crippen molar-refractivity contribution in [1.29, 1.82) is 0 Å². The van der Waals surface area contributed by atoms with E-state index in [2.05, 4.69) is 11.1 Å². The lowest BCUT2D eigenvalue weighted by atomic mass is 10.2. The van der Waals surface area contributed by atoms with Gasteiger partial charge in [0.05, 0.1) is 7.11 Å². The predicted octanol–water partition coefficient (Wildman–Crippen LogP) is 1.58. The zero-order chi connectivity index (χ0) is 7.68. The third-order valence-electron chi connectivity index (χ3n) is 2.11. The van der Waals surface area contributed by atoms with E-state index in [-0.39, 0.29) is 0 Å². The number of methoxy groups -OCH3 is 1. The van der Waals surface area contributed by atoms with Gasteiger partial charge in [0.25, 0.3) is 0 Å². The van der Waals surface area contributed by atoms with Crippen LogP contribution in [-0.2, 0) is 12.8 Å². The molecule has 0 aromatic carbocycles. The highest BCUT2D eigenvalue weighted by Gasteiger charge is 2.11. The summed E-state index contributed by atoms with van der Waals surface area (Å²) in [7, 11) is 1.66. The second-order valence-electron chi connectivity index (χ2n) is 2.81. The lowest BCUT2D eigenvalue weighted by molar-refractivity contribution is 0.396. The molecule has 0 fully saturated rings. The van der Waals surface area contributed by atoms with Gasteiger partial charge in [-0.3, -0.25) is 0 Å². The number of fused-ring (bicyclic) bond motifs is 1. The van der Waals surface area contributed by atoms with Gasteiger partial charge in [-0.1, -0.05) is 6.07 Å². The highest BCUT2D eigenvalue weighted by molar-refractivity contribution is 5.29. The van der Waals surface area contributed by atoms with Crippen molar-refractivity contribution >= 4 is 0 Å². The Morgan fingerprint density at radius 2 is 2.27 bits per heavy atom. The number of aryl methyl sites for hydroxylation is 2. The van der Waals surface area contributed by atoms with Crippen LogP contribution >= 0.6 is 0 Å². The van der Waals surface area contributed by atoms with E-state index in [1.807, 2.05) is 6.07 Å². The molecule has 1 aliphatic carbocycles. The van der Waals surface area contributed by atoms with Crippen molar-refractivity contribution in [2.75, 3.05) is 7.11 Å². The summed E-state index contributed by atoms with van der Waals surface area (Å²) in [5, 5.41) is 0. The molecule has 2 rings (SSSR count). The Labute approximate surface area is 66.2 Å². The Bertz CT molecular complexity index is 270. The molecule has 0 radical (unpaired) electrons. The zero-order valence-corrected chi connectivity index (χ0v) is 6.63. The summed E-state index contributed by atoms with van der Waals surface area (Å²) in [6.07, 6.45) is 3.55. The van der Waals surface area contributed by atoms with Crippen LogP contribution in [-0.4, -0.2) is 12.1 Å². The number of hydrogen-bond donors (Lipinski definition) is 0. The molecule has 0 saturated carbocycles. The molecule has 0 N–H and O–H groups in total. The maximum atomic E-state index is 5.03. The largest absolute Gasteiger partial charge is 0.481 e. The predicted molar refractivity (Wildman–Crippen MR) is 42.8 cm³/mol. The second-order valence-corrected chi connectivity index (χ2v) is 2.81. The number of rotatable bonds is 1. The maximum Gasteiger partial charge on any atom is 0.213 e. The van der Waals surface area contributed by atoms with E-state index in [0.29, 0.717) is 0 Å². The average Bonchev–Trinajstić information content (AvgIpc) is 2.50. The summed E-state index contributed by atoms with van der Waals surface area (Å²) in [5.74, 6) is 0.741. The normalized spacial score (nSPS) is 14.6. The van der Waals surface area contributed by atoms with Gasteiger partial charge >= 0.3 is 0 Å². The summed E-state index contributed by atoms with van der Waals surface area (Å²) in [6, 6.07) is 4.05. The van der Waals surface area contributed by atoms with Gasteiger partial charge in [-0.05, 0) is 24.8 Å². The summed E-state index contributed by atoms with van der Waals surface area (Å²) in [5.41, 5.74) is 2.62. The van der Waals surface area contributed by atoms with Gasteiger partial charge in [0, 0.05) is 11.8 Å². The molecule has 1 aliphatic rings. The Hall–Kier alpha value is -1.05. The number of ether oxygens (including phenoxy) is 1. The minimum absolute atomic E-state index is 0.741. The molecule has 0 amide bonds. The molecule has 58 valence electrons. The standard InChI is InChI=1S/C9H11NO/c1-11-9-6-5-7-3-2-4-8(7)10-9/h5-6H,2-4H2,1H3. The fraction of sp³-hybridized carbons (Fsp3) is 0.444. The van der Waals surface area contributed by atoms with E-state index >= 15 is 0 Å². The lowest BCUT2D eigenvalue weighted by Crippen LogP contribution is -1.92. The van der Waals surface area contributed by atoms with Gasteiger partial charge in [0.1, 0.15) is 0 Å². The quantitative estimate of drug-likeness (QED) is 0.604. The smallest absolute Gasteiger partial charge is 0.213 e. The molecular formula is C9H11NO. The van der Waals surface area contributed by atoms with Crippen LogP contribution in [0.25, 0.3) is 0 Å². The lowest BCUT2D eigenvalue weighted by Gasteiger charge is -2.00. The number of hydrogen-bond acceptors (Lipinski definition) is 2. The Kier molecular flexibility index (Phi) is 1.53. The molecule has 0 saturated heterocycles. The first kappa shape index (κ1) is 6.65. The van der Waals surface area contributed by atoms with Crippen molar-refractivity contribution in [1.82, 2.24) is 4.98 Å². The van der Waals surface area contributed by atoms with Gasteiger partial charge in [0.2, 0.25) is 5.88 Å². The van der Waals surface area contributed by atoms with E-state index in [4.69, 9.17) is 4.74 Å². The monoisotopic (exact) mass is 149 g/mol. The number of pyridine rings is 1. The molecule has 0 bridgehead atoms. The molecule has 11 heavy (non-hydrogen) atoms. The van der Waals surface area contributed by atoms with Crippen molar-refractivity contribution < 1.29 is 4.74 Å². The Balaban J connectivity index is 2.41. The van der Waals surface area contributed by atoms with Crippen molar-refractivity contribution in [3.8, 4) is 5.88 Å². The molecule has 1 heterocycles. The van der Waals surface area contributed by atoms with Gasteiger partial charge in [0.15, 0.2) is 0 Å². The minimum Gasteiger partial charge on any atom is -0.481 e. The van der Waals surface area contributed by atoms with Gasteiger partial charge in [-0.15, -0.1) is 0 Å². The van der Waals surface area contributed by atoms with Crippen LogP contribution < -0.4 is 4.74 Å². The first-order valence-corrected chi connectivity index (χ1v) is 3.93. The van der Waals surface area contributed by atoms with Crippen LogP contribution in [0.4, 0.5) is 0 Å². The van der Waals surface area contributed by atoms with Gasteiger partial charge in [-0.2, -0.15) is 0 Å². The number of aromatic nitrogens is 1. The van der Waals surface area contributed by atoms with Crippen LogP contribution in [0.2, 0.25) is 0 Å².